The number of rotatable bonds is 6. The zero-order valence-corrected chi connectivity index (χ0v) is 18.1. The van der Waals surface area contributed by atoms with Crippen LogP contribution < -0.4 is 0 Å². The Bertz CT molecular complexity index is 1350. The molecule has 0 atom stereocenters. The molecule has 2 fully saturated rings. The summed E-state index contributed by atoms with van der Waals surface area (Å²) in [7, 11) is 0. The second-order valence-corrected chi connectivity index (χ2v) is 9.35. The minimum absolute atomic E-state index is 0.0613. The van der Waals surface area contributed by atoms with E-state index in [0.29, 0.717) is 31.0 Å². The van der Waals surface area contributed by atoms with Crippen LogP contribution in [0, 0.1) is 11.7 Å². The quantitative estimate of drug-likeness (QED) is 0.409. The second kappa shape index (κ2) is 7.56. The van der Waals surface area contributed by atoms with Crippen LogP contribution >= 0.6 is 0 Å². The van der Waals surface area contributed by atoms with Crippen molar-refractivity contribution in [3.8, 4) is 11.3 Å². The maximum absolute atomic E-state index is 15.0. The van der Waals surface area contributed by atoms with Gasteiger partial charge in [-0.15, -0.1) is 0 Å². The summed E-state index contributed by atoms with van der Waals surface area (Å²) in [5.74, 6) is -0.890. The Hall–Kier alpha value is -3.44. The molecule has 0 amide bonds. The lowest BCUT2D eigenvalue weighted by Gasteiger charge is -2.36. The highest BCUT2D eigenvalue weighted by Crippen LogP contribution is 2.54. The van der Waals surface area contributed by atoms with Crippen molar-refractivity contribution < 1.29 is 18.7 Å². The molecule has 33 heavy (non-hydrogen) atoms. The van der Waals surface area contributed by atoms with Gasteiger partial charge in [0, 0.05) is 30.4 Å². The van der Waals surface area contributed by atoms with Crippen molar-refractivity contribution in [2.24, 2.45) is 5.92 Å². The number of carboxylic acid groups (broad SMARTS) is 1. The Balaban J connectivity index is 1.25. The van der Waals surface area contributed by atoms with Gasteiger partial charge in [-0.1, -0.05) is 48.5 Å². The summed E-state index contributed by atoms with van der Waals surface area (Å²) in [6.07, 6.45) is 2.24. The number of carbonyl (C=O) groups is 1. The largest absolute Gasteiger partial charge is 0.481 e. The normalized spacial score (nSPS) is 17.7. The summed E-state index contributed by atoms with van der Waals surface area (Å²) >= 11 is 0. The van der Waals surface area contributed by atoms with Crippen LogP contribution in [0.1, 0.15) is 29.5 Å². The average Bonchev–Trinajstić information content (AvgIpc) is 3.49. The molecule has 0 bridgehead atoms. The molecular formula is C28H24FNO3. The van der Waals surface area contributed by atoms with Gasteiger partial charge in [-0.3, -0.25) is 9.69 Å². The number of aliphatic carboxylic acids is 1. The molecule has 166 valence electrons. The van der Waals surface area contributed by atoms with E-state index in [1.54, 1.807) is 6.07 Å². The molecule has 2 aliphatic rings. The van der Waals surface area contributed by atoms with E-state index in [-0.39, 0.29) is 17.2 Å². The Morgan fingerprint density at radius 2 is 1.79 bits per heavy atom. The fraction of sp³-hybridized carbons (Fsp3) is 0.250. The summed E-state index contributed by atoms with van der Waals surface area (Å²) < 4.78 is 21.1. The van der Waals surface area contributed by atoms with Crippen molar-refractivity contribution >= 4 is 16.9 Å². The van der Waals surface area contributed by atoms with E-state index in [9.17, 15) is 9.18 Å². The summed E-state index contributed by atoms with van der Waals surface area (Å²) in [6, 6.07) is 24.0. The van der Waals surface area contributed by atoms with Crippen molar-refractivity contribution in [2.75, 3.05) is 13.1 Å². The maximum atomic E-state index is 15.0. The lowest BCUT2D eigenvalue weighted by Crippen LogP contribution is -2.49. The number of furan rings is 1. The molecule has 5 heteroatoms. The monoisotopic (exact) mass is 441 g/mol. The van der Waals surface area contributed by atoms with Gasteiger partial charge >= 0.3 is 5.97 Å². The highest BCUT2D eigenvalue weighted by Gasteiger charge is 2.45. The van der Waals surface area contributed by atoms with Crippen molar-refractivity contribution in [3.63, 3.8) is 0 Å². The Labute approximate surface area is 191 Å². The number of hydrogen-bond acceptors (Lipinski definition) is 3. The van der Waals surface area contributed by atoms with Crippen molar-refractivity contribution in [3.05, 3.63) is 95.3 Å². The second-order valence-electron chi connectivity index (χ2n) is 9.35. The molecule has 1 aliphatic carbocycles. The zero-order valence-electron chi connectivity index (χ0n) is 18.1. The predicted octanol–water partition coefficient (Wildman–Crippen LogP) is 5.84. The standard InChI is InChI=1S/C28H24FNO3/c29-24-12-18(15-30-16-20(17-30)27(31)32)6-9-23(24)26-13-19-7-8-22(14-25(19)33-26)28(10-11-28)21-4-2-1-3-5-21/h1-9,12-14,20H,10-11,15-17H2,(H,31,32). The van der Waals surface area contributed by atoms with Crippen LogP contribution in [0.4, 0.5) is 4.39 Å². The van der Waals surface area contributed by atoms with Gasteiger partial charge in [-0.25, -0.2) is 4.39 Å². The highest BCUT2D eigenvalue weighted by atomic mass is 19.1. The van der Waals surface area contributed by atoms with Gasteiger partial charge in [0.25, 0.3) is 0 Å². The molecule has 0 radical (unpaired) electrons. The first-order valence-corrected chi connectivity index (χ1v) is 11.4. The molecule has 2 heterocycles. The van der Waals surface area contributed by atoms with Gasteiger partial charge in [0.15, 0.2) is 0 Å². The number of carboxylic acids is 1. The zero-order chi connectivity index (χ0) is 22.6. The minimum atomic E-state index is -0.766. The molecule has 4 nitrogen and oxygen atoms in total. The molecular weight excluding hydrogens is 417 g/mol. The van der Waals surface area contributed by atoms with Gasteiger partial charge in [-0.2, -0.15) is 0 Å². The summed E-state index contributed by atoms with van der Waals surface area (Å²) in [6.45, 7) is 1.57. The summed E-state index contributed by atoms with van der Waals surface area (Å²) in [4.78, 5) is 13.0. The highest BCUT2D eigenvalue weighted by molar-refractivity contribution is 5.84. The average molecular weight is 442 g/mol. The molecule has 0 unspecified atom stereocenters. The van der Waals surface area contributed by atoms with Crippen molar-refractivity contribution in [1.82, 2.24) is 4.90 Å². The molecule has 3 aromatic carbocycles. The number of fused-ring (bicyclic) bond motifs is 1. The van der Waals surface area contributed by atoms with E-state index in [4.69, 9.17) is 9.52 Å². The Morgan fingerprint density at radius 1 is 1.00 bits per heavy atom. The number of halogens is 1. The van der Waals surface area contributed by atoms with E-state index < -0.39 is 5.97 Å². The topological polar surface area (TPSA) is 53.7 Å². The third-order valence-electron chi connectivity index (χ3n) is 7.16. The van der Waals surface area contributed by atoms with E-state index in [0.717, 1.165) is 29.4 Å². The number of nitrogens with zero attached hydrogens (tertiary/aromatic N) is 1. The first kappa shape index (κ1) is 20.2. The molecule has 1 saturated carbocycles. The smallest absolute Gasteiger partial charge is 0.309 e. The molecule has 6 rings (SSSR count). The number of likely N-dealkylation sites (tertiary alicyclic amines) is 1. The van der Waals surface area contributed by atoms with E-state index >= 15 is 0 Å². The SMILES string of the molecule is O=C(O)C1CN(Cc2ccc(-c3cc4ccc(C5(c6ccccc6)CC5)cc4o3)c(F)c2)C1. The third kappa shape index (κ3) is 3.53. The maximum Gasteiger partial charge on any atom is 0.309 e. The van der Waals surface area contributed by atoms with Gasteiger partial charge < -0.3 is 9.52 Å². The van der Waals surface area contributed by atoms with Crippen LogP contribution in [-0.4, -0.2) is 29.1 Å². The van der Waals surface area contributed by atoms with Crippen molar-refractivity contribution in [2.45, 2.75) is 24.8 Å². The van der Waals surface area contributed by atoms with Gasteiger partial charge in [0.05, 0.1) is 11.5 Å². The van der Waals surface area contributed by atoms with Gasteiger partial charge in [0.1, 0.15) is 17.2 Å². The van der Waals surface area contributed by atoms with Crippen LogP contribution in [0.15, 0.2) is 77.2 Å². The first-order chi connectivity index (χ1) is 16.0. The van der Waals surface area contributed by atoms with Crippen LogP contribution in [-0.2, 0) is 16.8 Å². The van der Waals surface area contributed by atoms with E-state index in [2.05, 4.69) is 42.5 Å². The van der Waals surface area contributed by atoms with E-state index in [1.807, 2.05) is 23.1 Å². The Morgan fingerprint density at radius 3 is 2.48 bits per heavy atom. The lowest BCUT2D eigenvalue weighted by molar-refractivity contribution is -0.147. The fourth-order valence-corrected chi connectivity index (χ4v) is 5.06. The lowest BCUT2D eigenvalue weighted by atomic mass is 9.88. The summed E-state index contributed by atoms with van der Waals surface area (Å²) in [5, 5.41) is 9.97. The minimum Gasteiger partial charge on any atom is -0.481 e. The van der Waals surface area contributed by atoms with Gasteiger partial charge in [-0.05, 0) is 53.8 Å². The van der Waals surface area contributed by atoms with Gasteiger partial charge in [0.2, 0.25) is 0 Å². The first-order valence-electron chi connectivity index (χ1n) is 11.4. The van der Waals surface area contributed by atoms with Crippen LogP contribution in [0.2, 0.25) is 0 Å². The number of hydrogen-bond donors (Lipinski definition) is 1. The molecule has 1 aliphatic heterocycles. The van der Waals surface area contributed by atoms with Crippen LogP contribution in [0.3, 0.4) is 0 Å². The molecule has 4 aromatic rings. The fourth-order valence-electron chi connectivity index (χ4n) is 5.06. The van der Waals surface area contributed by atoms with E-state index in [1.165, 1.54) is 17.2 Å². The summed E-state index contributed by atoms with van der Waals surface area (Å²) in [5.41, 5.74) is 4.67. The molecule has 1 aromatic heterocycles. The predicted molar refractivity (Wildman–Crippen MR) is 124 cm³/mol. The van der Waals surface area contributed by atoms with Crippen LogP contribution in [0.25, 0.3) is 22.3 Å². The number of benzene rings is 3. The third-order valence-corrected chi connectivity index (χ3v) is 7.16. The van der Waals surface area contributed by atoms with Crippen LogP contribution in [0.5, 0.6) is 0 Å². The molecule has 0 spiro atoms. The molecule has 1 N–H and O–H groups in total. The molecule has 1 saturated heterocycles. The van der Waals surface area contributed by atoms with Crippen molar-refractivity contribution in [1.29, 1.82) is 0 Å². The Kier molecular flexibility index (Phi) is 4.63.